The third-order valence-corrected chi connectivity index (χ3v) is 5.99. The van der Waals surface area contributed by atoms with Gasteiger partial charge in [0.05, 0.1) is 11.1 Å². The topological polar surface area (TPSA) is 81.8 Å². The van der Waals surface area contributed by atoms with Crippen LogP contribution >= 0.6 is 0 Å². The average Bonchev–Trinajstić information content (AvgIpc) is 3.00. The Hall–Kier alpha value is -3.19. The molecule has 0 radical (unpaired) electrons. The van der Waals surface area contributed by atoms with Crippen LogP contribution in [0, 0.1) is 0 Å². The number of anilines is 1. The molecule has 2 aliphatic rings. The fraction of sp³-hybridized carbons (Fsp3) is 0.400. The maximum atomic E-state index is 12.7. The summed E-state index contributed by atoms with van der Waals surface area (Å²) in [6.07, 6.45) is 1.77. The van der Waals surface area contributed by atoms with Crippen LogP contribution in [0.1, 0.15) is 59.9 Å². The van der Waals surface area contributed by atoms with Gasteiger partial charge in [0.1, 0.15) is 0 Å². The van der Waals surface area contributed by atoms with Gasteiger partial charge in [0.25, 0.3) is 11.8 Å². The molecule has 0 aliphatic carbocycles. The number of nitrogens with one attached hydrogen (secondary N) is 2. The first-order valence-electron chi connectivity index (χ1n) is 11.1. The molecule has 0 atom stereocenters. The molecule has 2 N–H and O–H groups in total. The highest BCUT2D eigenvalue weighted by atomic mass is 16.2. The number of urea groups is 1. The lowest BCUT2D eigenvalue weighted by Crippen LogP contribution is -2.45. The first-order valence-corrected chi connectivity index (χ1v) is 11.1. The van der Waals surface area contributed by atoms with Gasteiger partial charge in [-0.3, -0.25) is 19.4 Å². The molecule has 7 heteroatoms. The second-order valence-corrected chi connectivity index (χ2v) is 9.51. The fourth-order valence-corrected chi connectivity index (χ4v) is 4.36. The number of imide groups is 1. The molecule has 7 nitrogen and oxygen atoms in total. The molecule has 2 aromatic rings. The van der Waals surface area contributed by atoms with Gasteiger partial charge >= 0.3 is 6.03 Å². The van der Waals surface area contributed by atoms with E-state index < -0.39 is 5.54 Å². The second-order valence-electron chi connectivity index (χ2n) is 9.51. The van der Waals surface area contributed by atoms with E-state index in [4.69, 9.17) is 0 Å². The Bertz CT molecular complexity index is 1020. The number of rotatable bonds is 4. The number of piperidine rings is 1. The number of hydrogen-bond acceptors (Lipinski definition) is 4. The minimum Gasteiger partial charge on any atom is -0.335 e. The fourth-order valence-electron chi connectivity index (χ4n) is 4.36. The van der Waals surface area contributed by atoms with Crippen molar-refractivity contribution in [2.45, 2.75) is 51.7 Å². The predicted molar refractivity (Wildman–Crippen MR) is 124 cm³/mol. The monoisotopic (exact) mass is 434 g/mol. The van der Waals surface area contributed by atoms with Crippen LogP contribution in [-0.4, -0.2) is 52.3 Å². The van der Waals surface area contributed by atoms with E-state index in [1.807, 2.05) is 26.8 Å². The van der Waals surface area contributed by atoms with E-state index in [0.29, 0.717) is 16.8 Å². The molecule has 4 amide bonds. The summed E-state index contributed by atoms with van der Waals surface area (Å²) >= 11 is 0. The van der Waals surface area contributed by atoms with Gasteiger partial charge in [-0.25, -0.2) is 4.79 Å². The molecule has 0 saturated carbocycles. The van der Waals surface area contributed by atoms with Crippen molar-refractivity contribution < 1.29 is 14.4 Å². The zero-order valence-corrected chi connectivity index (χ0v) is 18.9. The summed E-state index contributed by atoms with van der Waals surface area (Å²) in [7, 11) is 0. The standard InChI is InChI=1S/C25H30N4O3/c1-25(2,3)29-22(30)20-10-9-19(15-21(20)23(29)31)27-24(32)26-18-11-13-28(14-12-18)16-17-7-5-4-6-8-17/h4-10,15,18H,11-14,16H2,1-3H3,(H2,26,27,32). The Balaban J connectivity index is 1.31. The number of amides is 4. The molecule has 2 heterocycles. The lowest BCUT2D eigenvalue weighted by atomic mass is 10.0. The van der Waals surface area contributed by atoms with Crippen molar-refractivity contribution >= 4 is 23.5 Å². The van der Waals surface area contributed by atoms with Gasteiger partial charge in [0.2, 0.25) is 0 Å². The molecular formula is C25H30N4O3. The smallest absolute Gasteiger partial charge is 0.319 e. The Kier molecular flexibility index (Phi) is 6.02. The van der Waals surface area contributed by atoms with Crippen LogP contribution in [0.3, 0.4) is 0 Å². The number of likely N-dealkylation sites (tertiary alicyclic amines) is 1. The maximum Gasteiger partial charge on any atom is 0.319 e. The highest BCUT2D eigenvalue weighted by molar-refractivity contribution is 6.22. The summed E-state index contributed by atoms with van der Waals surface area (Å²) < 4.78 is 0. The average molecular weight is 435 g/mol. The van der Waals surface area contributed by atoms with E-state index in [0.717, 1.165) is 32.5 Å². The van der Waals surface area contributed by atoms with Gasteiger partial charge in [0.15, 0.2) is 0 Å². The van der Waals surface area contributed by atoms with Gasteiger partial charge in [0, 0.05) is 36.9 Å². The van der Waals surface area contributed by atoms with Crippen LogP contribution in [0.15, 0.2) is 48.5 Å². The lowest BCUT2D eigenvalue weighted by Gasteiger charge is -2.32. The van der Waals surface area contributed by atoms with Crippen molar-refractivity contribution in [2.75, 3.05) is 18.4 Å². The molecule has 1 saturated heterocycles. The van der Waals surface area contributed by atoms with Crippen molar-refractivity contribution in [3.63, 3.8) is 0 Å². The Morgan fingerprint density at radius 1 is 0.969 bits per heavy atom. The predicted octanol–water partition coefficient (Wildman–Crippen LogP) is 3.87. The molecule has 0 bridgehead atoms. The number of fused-ring (bicyclic) bond motifs is 1. The molecule has 0 spiro atoms. The number of carbonyl (C=O) groups is 3. The molecule has 2 aliphatic heterocycles. The maximum absolute atomic E-state index is 12.7. The zero-order valence-electron chi connectivity index (χ0n) is 18.9. The van der Waals surface area contributed by atoms with Gasteiger partial charge in [-0.05, 0) is 57.4 Å². The van der Waals surface area contributed by atoms with E-state index >= 15 is 0 Å². The Labute approximate surface area is 188 Å². The molecule has 4 rings (SSSR count). The molecular weight excluding hydrogens is 404 g/mol. The molecule has 0 unspecified atom stereocenters. The number of carbonyl (C=O) groups excluding carboxylic acids is 3. The van der Waals surface area contributed by atoms with Gasteiger partial charge in [-0.15, -0.1) is 0 Å². The van der Waals surface area contributed by atoms with E-state index in [1.54, 1.807) is 18.2 Å². The number of benzene rings is 2. The normalized spacial score (nSPS) is 17.4. The number of hydrogen-bond donors (Lipinski definition) is 2. The second kappa shape index (κ2) is 8.74. The van der Waals surface area contributed by atoms with Gasteiger partial charge in [-0.1, -0.05) is 30.3 Å². The summed E-state index contributed by atoms with van der Waals surface area (Å²) in [6.45, 7) is 8.26. The zero-order chi connectivity index (χ0) is 22.9. The van der Waals surface area contributed by atoms with Gasteiger partial charge in [-0.2, -0.15) is 0 Å². The minimum absolute atomic E-state index is 0.107. The van der Waals surface area contributed by atoms with Crippen molar-refractivity contribution in [3.8, 4) is 0 Å². The van der Waals surface area contributed by atoms with Crippen molar-refractivity contribution in [2.24, 2.45) is 0 Å². The van der Waals surface area contributed by atoms with Crippen molar-refractivity contribution in [1.29, 1.82) is 0 Å². The first-order chi connectivity index (χ1) is 15.2. The number of nitrogens with zero attached hydrogens (tertiary/aromatic N) is 2. The van der Waals surface area contributed by atoms with Crippen molar-refractivity contribution in [3.05, 3.63) is 65.2 Å². The van der Waals surface area contributed by atoms with Crippen LogP contribution in [0.2, 0.25) is 0 Å². The molecule has 32 heavy (non-hydrogen) atoms. The molecule has 0 aromatic heterocycles. The molecule has 2 aromatic carbocycles. The highest BCUT2D eigenvalue weighted by Gasteiger charge is 2.41. The van der Waals surface area contributed by atoms with Crippen LogP contribution in [0.4, 0.5) is 10.5 Å². The Morgan fingerprint density at radius 2 is 1.62 bits per heavy atom. The van der Waals surface area contributed by atoms with Gasteiger partial charge < -0.3 is 10.6 Å². The minimum atomic E-state index is -0.604. The molecule has 1 fully saturated rings. The van der Waals surface area contributed by atoms with E-state index in [1.165, 1.54) is 10.5 Å². The third-order valence-electron chi connectivity index (χ3n) is 5.99. The van der Waals surface area contributed by atoms with Crippen LogP contribution in [0.5, 0.6) is 0 Å². The summed E-state index contributed by atoms with van der Waals surface area (Å²) in [4.78, 5) is 41.5. The van der Waals surface area contributed by atoms with E-state index in [2.05, 4.69) is 39.8 Å². The largest absolute Gasteiger partial charge is 0.335 e. The lowest BCUT2D eigenvalue weighted by molar-refractivity contribution is 0.0507. The summed E-state index contributed by atoms with van der Waals surface area (Å²) in [5.74, 6) is -0.622. The third kappa shape index (κ3) is 4.67. The van der Waals surface area contributed by atoms with E-state index in [9.17, 15) is 14.4 Å². The highest BCUT2D eigenvalue weighted by Crippen LogP contribution is 2.31. The van der Waals surface area contributed by atoms with E-state index in [-0.39, 0.29) is 23.9 Å². The first kappa shape index (κ1) is 22.0. The quantitative estimate of drug-likeness (QED) is 0.716. The summed E-state index contributed by atoms with van der Waals surface area (Å²) in [6, 6.07) is 15.1. The Morgan fingerprint density at radius 3 is 2.28 bits per heavy atom. The molecule has 168 valence electrons. The SMILES string of the molecule is CC(C)(C)N1C(=O)c2ccc(NC(=O)NC3CCN(Cc4ccccc4)CC3)cc2C1=O. The summed E-state index contributed by atoms with van der Waals surface area (Å²) in [5.41, 5.74) is 1.90. The van der Waals surface area contributed by atoms with Crippen LogP contribution < -0.4 is 10.6 Å². The van der Waals surface area contributed by atoms with Crippen LogP contribution in [-0.2, 0) is 6.54 Å². The van der Waals surface area contributed by atoms with Crippen LogP contribution in [0.25, 0.3) is 0 Å². The van der Waals surface area contributed by atoms with Crippen molar-refractivity contribution in [1.82, 2.24) is 15.1 Å². The summed E-state index contributed by atoms with van der Waals surface area (Å²) in [5, 5.41) is 5.85.